The predicted octanol–water partition coefficient (Wildman–Crippen LogP) is 1.51. The van der Waals surface area contributed by atoms with Gasteiger partial charge in [-0.25, -0.2) is 0 Å². The first-order valence-electron chi connectivity index (χ1n) is 7.92. The Morgan fingerprint density at radius 2 is 2.05 bits per heavy atom. The number of rotatable bonds is 7. The van der Waals surface area contributed by atoms with E-state index in [1.165, 1.54) is 32.1 Å². The van der Waals surface area contributed by atoms with Crippen molar-refractivity contribution in [2.75, 3.05) is 19.6 Å². The van der Waals surface area contributed by atoms with Crippen LogP contribution in [0.5, 0.6) is 0 Å². The fourth-order valence-corrected chi connectivity index (χ4v) is 2.82. The largest absolute Gasteiger partial charge is 0.354 e. The monoisotopic (exact) mass is 267 g/mol. The van der Waals surface area contributed by atoms with Crippen molar-refractivity contribution in [1.29, 1.82) is 0 Å². The van der Waals surface area contributed by atoms with Crippen molar-refractivity contribution < 1.29 is 4.79 Å². The molecule has 0 radical (unpaired) electrons. The van der Waals surface area contributed by atoms with Gasteiger partial charge in [0.1, 0.15) is 0 Å². The Balaban J connectivity index is 1.70. The normalized spacial score (nSPS) is 24.7. The molecule has 19 heavy (non-hydrogen) atoms. The highest BCUT2D eigenvalue weighted by atomic mass is 16.1. The van der Waals surface area contributed by atoms with Gasteiger partial charge >= 0.3 is 0 Å². The topological polar surface area (TPSA) is 44.4 Å². The summed E-state index contributed by atoms with van der Waals surface area (Å²) in [5.41, 5.74) is 0. The molecule has 0 spiro atoms. The number of carbonyl (C=O) groups is 1. The van der Waals surface area contributed by atoms with Gasteiger partial charge in [-0.3, -0.25) is 9.69 Å². The fraction of sp³-hybridized carbons (Fsp3) is 0.933. The maximum atomic E-state index is 11.7. The standard InChI is InChI=1S/C15H29N3O/c1-12(2)17-15(19)8-10-18-9-4-3-5-14(18)11-16-13-6-7-13/h12-14,16H,3-11H2,1-2H3,(H,17,19). The van der Waals surface area contributed by atoms with Crippen LogP contribution in [0.4, 0.5) is 0 Å². The minimum atomic E-state index is 0.189. The van der Waals surface area contributed by atoms with Crippen LogP contribution >= 0.6 is 0 Å². The number of nitrogens with zero attached hydrogens (tertiary/aromatic N) is 1. The average molecular weight is 267 g/mol. The molecule has 1 saturated carbocycles. The van der Waals surface area contributed by atoms with Crippen molar-refractivity contribution in [3.05, 3.63) is 0 Å². The lowest BCUT2D eigenvalue weighted by Gasteiger charge is -2.35. The summed E-state index contributed by atoms with van der Waals surface area (Å²) in [7, 11) is 0. The third kappa shape index (κ3) is 5.49. The van der Waals surface area contributed by atoms with E-state index in [1.807, 2.05) is 13.8 Å². The molecule has 1 atom stereocenters. The van der Waals surface area contributed by atoms with Gasteiger partial charge in [-0.05, 0) is 46.1 Å². The molecule has 1 aliphatic carbocycles. The SMILES string of the molecule is CC(C)NC(=O)CCN1CCCCC1CNC1CC1. The Labute approximate surface area is 117 Å². The number of piperidine rings is 1. The molecule has 1 saturated heterocycles. The van der Waals surface area contributed by atoms with E-state index in [9.17, 15) is 4.79 Å². The molecule has 0 aromatic rings. The molecule has 1 amide bonds. The van der Waals surface area contributed by atoms with Crippen LogP contribution in [-0.4, -0.2) is 48.6 Å². The van der Waals surface area contributed by atoms with Gasteiger partial charge in [0.25, 0.3) is 0 Å². The lowest BCUT2D eigenvalue weighted by molar-refractivity contribution is -0.122. The first-order chi connectivity index (χ1) is 9.15. The Bertz CT molecular complexity index is 289. The van der Waals surface area contributed by atoms with Crippen LogP contribution in [0.1, 0.15) is 52.4 Å². The van der Waals surface area contributed by atoms with Crippen LogP contribution in [0.3, 0.4) is 0 Å². The number of nitrogens with one attached hydrogen (secondary N) is 2. The van der Waals surface area contributed by atoms with Crippen molar-refractivity contribution >= 4 is 5.91 Å². The summed E-state index contributed by atoms with van der Waals surface area (Å²) < 4.78 is 0. The number of likely N-dealkylation sites (tertiary alicyclic amines) is 1. The molecule has 0 aromatic carbocycles. The summed E-state index contributed by atoms with van der Waals surface area (Å²) in [5.74, 6) is 0.189. The third-order valence-corrected chi connectivity index (χ3v) is 4.04. The molecule has 1 aliphatic heterocycles. The lowest BCUT2D eigenvalue weighted by Crippen LogP contribution is -2.47. The van der Waals surface area contributed by atoms with Crippen LogP contribution in [0.15, 0.2) is 0 Å². The Hall–Kier alpha value is -0.610. The van der Waals surface area contributed by atoms with Crippen molar-refractivity contribution in [2.24, 2.45) is 0 Å². The molecule has 2 rings (SSSR count). The molecule has 2 N–H and O–H groups in total. The van der Waals surface area contributed by atoms with E-state index in [0.29, 0.717) is 12.5 Å². The number of hydrogen-bond donors (Lipinski definition) is 2. The van der Waals surface area contributed by atoms with Crippen molar-refractivity contribution in [1.82, 2.24) is 15.5 Å². The van der Waals surface area contributed by atoms with Gasteiger partial charge in [0.05, 0.1) is 0 Å². The zero-order valence-corrected chi connectivity index (χ0v) is 12.5. The van der Waals surface area contributed by atoms with E-state index in [4.69, 9.17) is 0 Å². The lowest BCUT2D eigenvalue weighted by atomic mass is 10.0. The van der Waals surface area contributed by atoms with E-state index in [2.05, 4.69) is 15.5 Å². The second-order valence-electron chi connectivity index (χ2n) is 6.34. The second kappa shape index (κ2) is 7.25. The van der Waals surface area contributed by atoms with E-state index < -0.39 is 0 Å². The van der Waals surface area contributed by atoms with Gasteiger partial charge < -0.3 is 10.6 Å². The Morgan fingerprint density at radius 3 is 2.74 bits per heavy atom. The first kappa shape index (κ1) is 14.8. The van der Waals surface area contributed by atoms with Gasteiger partial charge in [0.15, 0.2) is 0 Å². The molecule has 1 heterocycles. The second-order valence-corrected chi connectivity index (χ2v) is 6.34. The molecule has 2 fully saturated rings. The molecule has 110 valence electrons. The zero-order chi connectivity index (χ0) is 13.7. The Kier molecular flexibility index (Phi) is 5.64. The van der Waals surface area contributed by atoms with Crippen molar-refractivity contribution in [3.63, 3.8) is 0 Å². The van der Waals surface area contributed by atoms with Gasteiger partial charge in [-0.1, -0.05) is 6.42 Å². The quantitative estimate of drug-likeness (QED) is 0.735. The smallest absolute Gasteiger partial charge is 0.221 e. The minimum Gasteiger partial charge on any atom is -0.354 e. The van der Waals surface area contributed by atoms with Gasteiger partial charge in [-0.15, -0.1) is 0 Å². The number of hydrogen-bond acceptors (Lipinski definition) is 3. The molecule has 0 aromatic heterocycles. The van der Waals surface area contributed by atoms with Crippen LogP contribution < -0.4 is 10.6 Å². The average Bonchev–Trinajstić information content (AvgIpc) is 3.18. The highest BCUT2D eigenvalue weighted by Crippen LogP contribution is 2.21. The van der Waals surface area contributed by atoms with Crippen LogP contribution in [0.2, 0.25) is 0 Å². The van der Waals surface area contributed by atoms with Crippen LogP contribution in [-0.2, 0) is 4.79 Å². The minimum absolute atomic E-state index is 0.189. The van der Waals surface area contributed by atoms with Crippen LogP contribution in [0.25, 0.3) is 0 Å². The summed E-state index contributed by atoms with van der Waals surface area (Å²) in [6, 6.07) is 1.68. The number of amides is 1. The highest BCUT2D eigenvalue weighted by molar-refractivity contribution is 5.76. The molecular formula is C15H29N3O. The molecule has 2 aliphatic rings. The van der Waals surface area contributed by atoms with Crippen LogP contribution in [0, 0.1) is 0 Å². The van der Waals surface area contributed by atoms with E-state index >= 15 is 0 Å². The maximum Gasteiger partial charge on any atom is 0.221 e. The molecule has 0 bridgehead atoms. The molecule has 4 nitrogen and oxygen atoms in total. The Morgan fingerprint density at radius 1 is 1.26 bits per heavy atom. The fourth-order valence-electron chi connectivity index (χ4n) is 2.82. The predicted molar refractivity (Wildman–Crippen MR) is 78.1 cm³/mol. The highest BCUT2D eigenvalue weighted by Gasteiger charge is 2.26. The van der Waals surface area contributed by atoms with Gasteiger partial charge in [-0.2, -0.15) is 0 Å². The summed E-state index contributed by atoms with van der Waals surface area (Å²) in [5, 5.41) is 6.61. The summed E-state index contributed by atoms with van der Waals surface area (Å²) in [6.07, 6.45) is 7.24. The zero-order valence-electron chi connectivity index (χ0n) is 12.5. The first-order valence-corrected chi connectivity index (χ1v) is 7.92. The van der Waals surface area contributed by atoms with E-state index in [-0.39, 0.29) is 11.9 Å². The maximum absolute atomic E-state index is 11.7. The van der Waals surface area contributed by atoms with Crippen molar-refractivity contribution in [3.8, 4) is 0 Å². The third-order valence-electron chi connectivity index (χ3n) is 4.04. The summed E-state index contributed by atoms with van der Waals surface area (Å²) in [4.78, 5) is 14.2. The van der Waals surface area contributed by atoms with Gasteiger partial charge in [0, 0.05) is 37.6 Å². The van der Waals surface area contributed by atoms with E-state index in [0.717, 1.165) is 25.7 Å². The van der Waals surface area contributed by atoms with E-state index in [1.54, 1.807) is 0 Å². The summed E-state index contributed by atoms with van der Waals surface area (Å²) in [6.45, 7) is 7.21. The van der Waals surface area contributed by atoms with Gasteiger partial charge in [0.2, 0.25) is 5.91 Å². The molecule has 1 unspecified atom stereocenters. The summed E-state index contributed by atoms with van der Waals surface area (Å²) >= 11 is 0. The number of carbonyl (C=O) groups excluding carboxylic acids is 1. The molecule has 4 heteroatoms. The van der Waals surface area contributed by atoms with Crippen molar-refractivity contribution in [2.45, 2.75) is 70.5 Å². The molecular weight excluding hydrogens is 238 g/mol.